The van der Waals surface area contributed by atoms with E-state index in [9.17, 15) is 14.2 Å². The van der Waals surface area contributed by atoms with Crippen LogP contribution in [0.2, 0.25) is 0 Å². The molecular formula is C38H34O3P+. The molecule has 0 aliphatic heterocycles. The van der Waals surface area contributed by atoms with Crippen LogP contribution >= 0.6 is 7.80 Å². The van der Waals surface area contributed by atoms with Gasteiger partial charge in [-0.3, -0.25) is 9.59 Å². The third kappa shape index (κ3) is 5.53. The summed E-state index contributed by atoms with van der Waals surface area (Å²) in [6, 6.07) is 30.3. The lowest BCUT2D eigenvalue weighted by Gasteiger charge is -2.17. The van der Waals surface area contributed by atoms with E-state index < -0.39 is 7.80 Å². The maximum Gasteiger partial charge on any atom is 0.415 e. The van der Waals surface area contributed by atoms with Crippen molar-refractivity contribution < 1.29 is 14.2 Å². The molecule has 1 atom stereocenters. The summed E-state index contributed by atoms with van der Waals surface area (Å²) in [4.78, 5) is 26.9. The van der Waals surface area contributed by atoms with Crippen LogP contribution in [0, 0.1) is 41.5 Å². The third-order valence-electron chi connectivity index (χ3n) is 7.89. The van der Waals surface area contributed by atoms with Gasteiger partial charge in [-0.05, 0) is 129 Å². The van der Waals surface area contributed by atoms with E-state index in [-0.39, 0.29) is 11.6 Å². The molecule has 5 rings (SSSR count). The van der Waals surface area contributed by atoms with Crippen molar-refractivity contribution in [2.45, 2.75) is 41.5 Å². The Morgan fingerprint density at radius 1 is 0.524 bits per heavy atom. The summed E-state index contributed by atoms with van der Waals surface area (Å²) < 4.78 is 13.4. The molecule has 0 radical (unpaired) electrons. The molecule has 0 saturated carbocycles. The molecule has 3 nitrogen and oxygen atoms in total. The third-order valence-corrected chi connectivity index (χ3v) is 9.43. The van der Waals surface area contributed by atoms with Gasteiger partial charge in [0.05, 0.1) is 0 Å². The lowest BCUT2D eigenvalue weighted by atomic mass is 9.86. The fourth-order valence-electron chi connectivity index (χ4n) is 6.06. The normalized spacial score (nSPS) is 11.3. The summed E-state index contributed by atoms with van der Waals surface area (Å²) in [5.41, 5.74) is 10.8. The summed E-state index contributed by atoms with van der Waals surface area (Å²) in [7, 11) is -1.88. The number of rotatable bonds is 7. The van der Waals surface area contributed by atoms with E-state index in [1.807, 2.05) is 65.0 Å². The maximum absolute atomic E-state index is 13.7. The molecule has 0 aliphatic rings. The van der Waals surface area contributed by atoms with Crippen molar-refractivity contribution >= 4 is 30.0 Å². The molecule has 0 fully saturated rings. The molecule has 0 heterocycles. The van der Waals surface area contributed by atoms with Crippen molar-refractivity contribution in [3.05, 3.63) is 153 Å². The Morgan fingerprint density at radius 2 is 0.976 bits per heavy atom. The van der Waals surface area contributed by atoms with Gasteiger partial charge in [0.15, 0.2) is 22.2 Å². The predicted molar refractivity (Wildman–Crippen MR) is 173 cm³/mol. The molecule has 4 heteroatoms. The molecule has 0 bridgehead atoms. The van der Waals surface area contributed by atoms with Crippen LogP contribution in [0.25, 0.3) is 11.1 Å². The van der Waals surface area contributed by atoms with Crippen molar-refractivity contribution in [1.82, 2.24) is 0 Å². The summed E-state index contributed by atoms with van der Waals surface area (Å²) in [5, 5.41) is 1.27. The highest BCUT2D eigenvalue weighted by Crippen LogP contribution is 2.33. The molecule has 0 N–H and O–H groups in total. The van der Waals surface area contributed by atoms with Crippen LogP contribution < -0.4 is 10.6 Å². The van der Waals surface area contributed by atoms with Gasteiger partial charge in [-0.25, -0.2) is 0 Å². The molecule has 1 unspecified atom stereocenters. The quantitative estimate of drug-likeness (QED) is 0.146. The first-order valence-corrected chi connectivity index (χ1v) is 15.3. The van der Waals surface area contributed by atoms with Gasteiger partial charge >= 0.3 is 7.80 Å². The fraction of sp³-hybridized carbons (Fsp3) is 0.158. The first-order chi connectivity index (χ1) is 20.1. The zero-order chi connectivity index (χ0) is 30.1. The van der Waals surface area contributed by atoms with Crippen molar-refractivity contribution in [3.8, 4) is 11.1 Å². The van der Waals surface area contributed by atoms with Crippen LogP contribution in [0.3, 0.4) is 0 Å². The molecule has 0 saturated heterocycles. The average molecular weight is 570 g/mol. The number of carbonyl (C=O) groups excluding carboxylic acids is 2. The largest absolute Gasteiger partial charge is 0.415 e. The Balaban J connectivity index is 1.38. The van der Waals surface area contributed by atoms with E-state index in [2.05, 4.69) is 25.1 Å². The highest BCUT2D eigenvalue weighted by Gasteiger charge is 2.26. The molecular weight excluding hydrogens is 535 g/mol. The minimum atomic E-state index is -1.88. The summed E-state index contributed by atoms with van der Waals surface area (Å²) in [6.45, 7) is 12.0. The van der Waals surface area contributed by atoms with Gasteiger partial charge in [0.25, 0.3) is 0 Å². The van der Waals surface area contributed by atoms with Crippen molar-refractivity contribution in [2.75, 3.05) is 0 Å². The number of hydrogen-bond donors (Lipinski definition) is 0. The van der Waals surface area contributed by atoms with Crippen LogP contribution in [-0.4, -0.2) is 11.6 Å². The minimum absolute atomic E-state index is 0.0354. The van der Waals surface area contributed by atoms with Gasteiger partial charge in [0.1, 0.15) is 0 Å². The molecule has 0 aromatic heterocycles. The molecule has 208 valence electrons. The average Bonchev–Trinajstić information content (AvgIpc) is 2.96. The highest BCUT2D eigenvalue weighted by molar-refractivity contribution is 7.61. The lowest BCUT2D eigenvalue weighted by Crippen LogP contribution is -2.12. The number of hydrogen-bond acceptors (Lipinski definition) is 3. The second-order valence-electron chi connectivity index (χ2n) is 11.1. The second kappa shape index (κ2) is 11.8. The summed E-state index contributed by atoms with van der Waals surface area (Å²) >= 11 is 0. The Morgan fingerprint density at radius 3 is 1.48 bits per heavy atom. The molecule has 0 aliphatic carbocycles. The Bertz CT molecular complexity index is 1830. The Hall–Kier alpha value is -4.46. The molecule has 0 spiro atoms. The van der Waals surface area contributed by atoms with Crippen LogP contribution in [-0.2, 0) is 4.57 Å². The van der Waals surface area contributed by atoms with Crippen LogP contribution in [0.5, 0.6) is 0 Å². The van der Waals surface area contributed by atoms with E-state index in [0.29, 0.717) is 32.9 Å². The van der Waals surface area contributed by atoms with Gasteiger partial charge in [0.2, 0.25) is 0 Å². The van der Waals surface area contributed by atoms with E-state index in [0.717, 1.165) is 44.5 Å². The summed E-state index contributed by atoms with van der Waals surface area (Å²) in [6.07, 6.45) is 0. The highest BCUT2D eigenvalue weighted by atomic mass is 31.1. The zero-order valence-electron chi connectivity index (χ0n) is 24.9. The Labute approximate surface area is 249 Å². The SMILES string of the molecule is Cc1cc(C)c(C(=O)c2ccc([P+](=O)c3ccc(C(=O)c4c(C)cc(C)c(-c5ccccc5)c4C)cc3)cc2)c(C)c1. The number of aryl methyl sites for hydroxylation is 5. The number of benzene rings is 5. The first-order valence-electron chi connectivity index (χ1n) is 14.1. The molecule has 5 aromatic carbocycles. The molecule has 5 aromatic rings. The molecule has 0 amide bonds. The topological polar surface area (TPSA) is 51.2 Å². The van der Waals surface area contributed by atoms with Crippen LogP contribution in [0.1, 0.15) is 65.2 Å². The number of ketones is 2. The second-order valence-corrected chi connectivity index (χ2v) is 12.7. The van der Waals surface area contributed by atoms with Gasteiger partial charge in [-0.2, -0.15) is 0 Å². The zero-order valence-corrected chi connectivity index (χ0v) is 25.8. The first kappa shape index (κ1) is 29.0. The van der Waals surface area contributed by atoms with Gasteiger partial charge in [-0.1, -0.05) is 58.7 Å². The van der Waals surface area contributed by atoms with Crippen molar-refractivity contribution in [2.24, 2.45) is 0 Å². The Kier molecular flexibility index (Phi) is 8.16. The van der Waals surface area contributed by atoms with Crippen LogP contribution in [0.15, 0.2) is 97.1 Å². The lowest BCUT2D eigenvalue weighted by molar-refractivity contribution is 0.103. The van der Waals surface area contributed by atoms with E-state index in [1.165, 1.54) is 0 Å². The van der Waals surface area contributed by atoms with Gasteiger partial charge < -0.3 is 0 Å². The standard InChI is InChI=1S/C38H34O3P/c1-23-20-24(2)34(25(3)21-23)37(39)30-12-16-32(17-13-30)42(41)33-18-14-31(15-19-33)38(40)36-27(5)22-26(4)35(28(36)6)29-10-8-7-9-11-29/h7-22H,1-6H3/q+1. The van der Waals surface area contributed by atoms with Crippen LogP contribution in [0.4, 0.5) is 0 Å². The monoisotopic (exact) mass is 569 g/mol. The van der Waals surface area contributed by atoms with Gasteiger partial charge in [0, 0.05) is 22.3 Å². The van der Waals surface area contributed by atoms with Gasteiger partial charge in [-0.15, -0.1) is 0 Å². The fourth-order valence-corrected chi connectivity index (χ4v) is 7.19. The van der Waals surface area contributed by atoms with Crippen molar-refractivity contribution in [3.63, 3.8) is 0 Å². The van der Waals surface area contributed by atoms with E-state index >= 15 is 0 Å². The maximum atomic E-state index is 13.7. The van der Waals surface area contributed by atoms with E-state index in [1.54, 1.807) is 48.5 Å². The van der Waals surface area contributed by atoms with Crippen molar-refractivity contribution in [1.29, 1.82) is 0 Å². The minimum Gasteiger partial charge on any atom is -0.289 e. The summed E-state index contributed by atoms with van der Waals surface area (Å²) in [5.74, 6) is -0.0831. The number of carbonyl (C=O) groups is 2. The predicted octanol–water partition coefficient (Wildman–Crippen LogP) is 8.44. The molecule has 42 heavy (non-hydrogen) atoms. The van der Waals surface area contributed by atoms with E-state index in [4.69, 9.17) is 0 Å². The smallest absolute Gasteiger partial charge is 0.289 e.